The molecule has 2 heterocycles. The van der Waals surface area contributed by atoms with Gasteiger partial charge in [0.05, 0.1) is 12.6 Å². The van der Waals surface area contributed by atoms with Crippen LogP contribution in [0.3, 0.4) is 0 Å². The number of guanidine groups is 1. The van der Waals surface area contributed by atoms with E-state index in [1.807, 2.05) is 0 Å². The molecule has 0 saturated carbocycles. The molecule has 6 nitrogen and oxygen atoms in total. The van der Waals surface area contributed by atoms with Crippen molar-refractivity contribution in [2.24, 2.45) is 4.99 Å². The van der Waals surface area contributed by atoms with Crippen LogP contribution in [0.1, 0.15) is 59.3 Å². The second-order valence-electron chi connectivity index (χ2n) is 8.03. The second-order valence-corrected chi connectivity index (χ2v) is 8.03. The zero-order chi connectivity index (χ0) is 19.5. The number of aliphatic imine (C=N–C) groups is 1. The number of piperidine rings is 2. The van der Waals surface area contributed by atoms with Gasteiger partial charge >= 0.3 is 0 Å². The lowest BCUT2D eigenvalue weighted by atomic mass is 10.0. The molecule has 2 fully saturated rings. The molecule has 2 atom stereocenters. The van der Waals surface area contributed by atoms with E-state index in [4.69, 9.17) is 14.5 Å². The highest BCUT2D eigenvalue weighted by atomic mass is 127. The summed E-state index contributed by atoms with van der Waals surface area (Å²) < 4.78 is 11.1. The lowest BCUT2D eigenvalue weighted by Crippen LogP contribution is -2.48. The van der Waals surface area contributed by atoms with Crippen molar-refractivity contribution in [3.8, 4) is 0 Å². The SMILES string of the molecule is CCNC(=NCC(C)N1CCCCC1C)N1CCC(OCCCOC)CC1.I. The van der Waals surface area contributed by atoms with Gasteiger partial charge < -0.3 is 19.7 Å². The fraction of sp³-hybridized carbons (Fsp3) is 0.952. The maximum Gasteiger partial charge on any atom is 0.193 e. The number of hydrogen-bond donors (Lipinski definition) is 1. The van der Waals surface area contributed by atoms with Crippen LogP contribution in [0.4, 0.5) is 0 Å². The minimum absolute atomic E-state index is 0. The average Bonchev–Trinajstić information content (AvgIpc) is 2.69. The van der Waals surface area contributed by atoms with Crippen molar-refractivity contribution < 1.29 is 9.47 Å². The summed E-state index contributed by atoms with van der Waals surface area (Å²) in [6.45, 7) is 13.5. The molecule has 28 heavy (non-hydrogen) atoms. The quantitative estimate of drug-likeness (QED) is 0.223. The molecule has 166 valence electrons. The summed E-state index contributed by atoms with van der Waals surface area (Å²) in [5.74, 6) is 1.08. The summed E-state index contributed by atoms with van der Waals surface area (Å²) in [5, 5.41) is 3.50. The molecular formula is C21H43IN4O2. The highest BCUT2D eigenvalue weighted by Crippen LogP contribution is 2.19. The van der Waals surface area contributed by atoms with Crippen LogP contribution in [-0.4, -0.2) is 87.0 Å². The molecule has 0 amide bonds. The van der Waals surface area contributed by atoms with E-state index in [1.165, 1.54) is 25.8 Å². The zero-order valence-electron chi connectivity index (χ0n) is 18.5. The summed E-state index contributed by atoms with van der Waals surface area (Å²) in [6, 6.07) is 1.20. The van der Waals surface area contributed by atoms with Crippen LogP contribution >= 0.6 is 24.0 Å². The van der Waals surface area contributed by atoms with E-state index in [-0.39, 0.29) is 24.0 Å². The van der Waals surface area contributed by atoms with Crippen LogP contribution in [0.2, 0.25) is 0 Å². The topological polar surface area (TPSA) is 49.3 Å². The number of rotatable bonds is 9. The summed E-state index contributed by atoms with van der Waals surface area (Å²) in [5.41, 5.74) is 0. The number of nitrogens with one attached hydrogen (secondary N) is 1. The maximum atomic E-state index is 5.99. The molecule has 0 aliphatic carbocycles. The van der Waals surface area contributed by atoms with E-state index in [2.05, 4.69) is 35.9 Å². The Morgan fingerprint density at radius 3 is 2.54 bits per heavy atom. The fourth-order valence-corrected chi connectivity index (χ4v) is 4.21. The Morgan fingerprint density at radius 1 is 1.14 bits per heavy atom. The minimum Gasteiger partial charge on any atom is -0.385 e. The standard InChI is InChI=1S/C21H42N4O2.HI/c1-5-22-21(23-17-19(3)25-12-7-6-9-18(25)2)24-13-10-20(11-14-24)27-16-8-15-26-4;/h18-20H,5-17H2,1-4H3,(H,22,23);1H. The Balaban J connectivity index is 0.00000392. The van der Waals surface area contributed by atoms with E-state index in [0.29, 0.717) is 18.2 Å². The van der Waals surface area contributed by atoms with Crippen LogP contribution in [0.15, 0.2) is 4.99 Å². The van der Waals surface area contributed by atoms with Gasteiger partial charge in [0.15, 0.2) is 5.96 Å². The first-order valence-corrected chi connectivity index (χ1v) is 11.0. The van der Waals surface area contributed by atoms with Crippen molar-refractivity contribution >= 4 is 29.9 Å². The van der Waals surface area contributed by atoms with Crippen LogP contribution < -0.4 is 5.32 Å². The number of methoxy groups -OCH3 is 1. The van der Waals surface area contributed by atoms with E-state index in [1.54, 1.807) is 7.11 Å². The molecule has 2 aliphatic heterocycles. The first-order valence-electron chi connectivity index (χ1n) is 11.0. The Morgan fingerprint density at radius 2 is 1.89 bits per heavy atom. The average molecular weight is 511 g/mol. The van der Waals surface area contributed by atoms with Crippen LogP contribution in [-0.2, 0) is 9.47 Å². The molecule has 7 heteroatoms. The third-order valence-corrected chi connectivity index (χ3v) is 5.85. The van der Waals surface area contributed by atoms with Gasteiger partial charge in [-0.3, -0.25) is 9.89 Å². The van der Waals surface area contributed by atoms with E-state index in [0.717, 1.165) is 64.6 Å². The Bertz CT molecular complexity index is 431. The largest absolute Gasteiger partial charge is 0.385 e. The van der Waals surface area contributed by atoms with Gasteiger partial charge in [-0.05, 0) is 59.4 Å². The third-order valence-electron chi connectivity index (χ3n) is 5.85. The Kier molecular flexibility index (Phi) is 13.7. The predicted octanol–water partition coefficient (Wildman–Crippen LogP) is 3.35. The fourth-order valence-electron chi connectivity index (χ4n) is 4.21. The molecule has 0 bridgehead atoms. The smallest absolute Gasteiger partial charge is 0.193 e. The van der Waals surface area contributed by atoms with E-state index >= 15 is 0 Å². The van der Waals surface area contributed by atoms with Gasteiger partial charge in [0.25, 0.3) is 0 Å². The Labute approximate surface area is 189 Å². The number of ether oxygens (including phenoxy) is 2. The molecule has 2 aliphatic rings. The number of nitrogens with zero attached hydrogens (tertiary/aromatic N) is 3. The molecule has 0 aromatic carbocycles. The van der Waals surface area contributed by atoms with Gasteiger partial charge in [-0.25, -0.2) is 0 Å². The van der Waals surface area contributed by atoms with E-state index in [9.17, 15) is 0 Å². The molecule has 2 saturated heterocycles. The van der Waals surface area contributed by atoms with Crippen molar-refractivity contribution in [1.29, 1.82) is 0 Å². The zero-order valence-corrected chi connectivity index (χ0v) is 20.8. The van der Waals surface area contributed by atoms with Gasteiger partial charge in [-0.2, -0.15) is 0 Å². The van der Waals surface area contributed by atoms with Crippen molar-refractivity contribution in [1.82, 2.24) is 15.1 Å². The highest BCUT2D eigenvalue weighted by Gasteiger charge is 2.24. The van der Waals surface area contributed by atoms with E-state index < -0.39 is 0 Å². The third kappa shape index (κ3) is 8.71. The molecule has 0 aromatic heterocycles. The monoisotopic (exact) mass is 510 g/mol. The summed E-state index contributed by atoms with van der Waals surface area (Å²) >= 11 is 0. The van der Waals surface area contributed by atoms with Crippen molar-refractivity contribution in [2.45, 2.75) is 77.5 Å². The summed E-state index contributed by atoms with van der Waals surface area (Å²) in [6.07, 6.45) is 7.55. The molecule has 0 radical (unpaired) electrons. The number of likely N-dealkylation sites (tertiary alicyclic amines) is 2. The number of halogens is 1. The van der Waals surface area contributed by atoms with Crippen molar-refractivity contribution in [2.75, 3.05) is 53.0 Å². The predicted molar refractivity (Wildman–Crippen MR) is 128 cm³/mol. The molecular weight excluding hydrogens is 467 g/mol. The first kappa shape index (κ1) is 25.9. The molecule has 0 aromatic rings. The van der Waals surface area contributed by atoms with Crippen LogP contribution in [0.25, 0.3) is 0 Å². The second kappa shape index (κ2) is 14.8. The number of hydrogen-bond acceptors (Lipinski definition) is 4. The van der Waals surface area contributed by atoms with Gasteiger partial charge in [-0.15, -0.1) is 24.0 Å². The molecule has 2 rings (SSSR count). The normalized spacial score (nSPS) is 23.4. The molecule has 2 unspecified atom stereocenters. The molecule has 0 spiro atoms. The highest BCUT2D eigenvalue weighted by molar-refractivity contribution is 14.0. The summed E-state index contributed by atoms with van der Waals surface area (Å²) in [4.78, 5) is 10.0. The molecule has 1 N–H and O–H groups in total. The lowest BCUT2D eigenvalue weighted by molar-refractivity contribution is 0.00987. The van der Waals surface area contributed by atoms with Gasteiger partial charge in [-0.1, -0.05) is 6.42 Å². The van der Waals surface area contributed by atoms with Crippen molar-refractivity contribution in [3.63, 3.8) is 0 Å². The lowest BCUT2D eigenvalue weighted by Gasteiger charge is -2.38. The van der Waals surface area contributed by atoms with Crippen LogP contribution in [0.5, 0.6) is 0 Å². The van der Waals surface area contributed by atoms with Crippen LogP contribution in [0, 0.1) is 0 Å². The van der Waals surface area contributed by atoms with Gasteiger partial charge in [0.1, 0.15) is 0 Å². The van der Waals surface area contributed by atoms with Gasteiger partial charge in [0, 0.05) is 52.0 Å². The summed E-state index contributed by atoms with van der Waals surface area (Å²) in [7, 11) is 1.74. The Hall–Kier alpha value is -0.120. The maximum absolute atomic E-state index is 5.99. The van der Waals surface area contributed by atoms with Crippen molar-refractivity contribution in [3.05, 3.63) is 0 Å². The first-order chi connectivity index (χ1) is 13.2. The van der Waals surface area contributed by atoms with Gasteiger partial charge in [0.2, 0.25) is 0 Å². The minimum atomic E-state index is 0.